The van der Waals surface area contributed by atoms with Crippen LogP contribution >= 0.6 is 0 Å². The Kier molecular flexibility index (Phi) is 5.48. The first-order valence-electron chi connectivity index (χ1n) is 8.59. The van der Waals surface area contributed by atoms with Crippen LogP contribution in [0.1, 0.15) is 34.3 Å². The number of carbonyl (C=O) groups excluding carboxylic acids is 2. The molecule has 0 aromatic heterocycles. The van der Waals surface area contributed by atoms with Crippen molar-refractivity contribution in [2.24, 2.45) is 0 Å². The number of amides is 2. The van der Waals surface area contributed by atoms with Gasteiger partial charge in [-0.3, -0.25) is 14.5 Å². The number of benzene rings is 1. The molecule has 0 saturated carbocycles. The molecule has 24 heavy (non-hydrogen) atoms. The number of hydrogen-bond donors (Lipinski definition) is 2. The molecule has 0 aliphatic carbocycles. The van der Waals surface area contributed by atoms with Gasteiger partial charge in [0.1, 0.15) is 0 Å². The van der Waals surface area contributed by atoms with Crippen LogP contribution < -0.4 is 10.6 Å². The molecule has 3 rings (SSSR count). The number of rotatable bonds is 4. The molecule has 0 bridgehead atoms. The Labute approximate surface area is 142 Å². The van der Waals surface area contributed by atoms with Gasteiger partial charge in [-0.1, -0.05) is 12.1 Å². The monoisotopic (exact) mass is 331 g/mol. The van der Waals surface area contributed by atoms with Crippen LogP contribution in [0.4, 0.5) is 0 Å². The van der Waals surface area contributed by atoms with Crippen LogP contribution in [0.15, 0.2) is 18.2 Å². The predicted molar refractivity (Wildman–Crippen MR) is 90.8 cm³/mol. The maximum absolute atomic E-state index is 12.6. The van der Waals surface area contributed by atoms with Gasteiger partial charge in [0.15, 0.2) is 0 Å². The van der Waals surface area contributed by atoms with Crippen molar-refractivity contribution in [2.75, 3.05) is 32.8 Å². The molecule has 2 saturated heterocycles. The summed E-state index contributed by atoms with van der Waals surface area (Å²) in [5.41, 5.74) is 2.76. The lowest BCUT2D eigenvalue weighted by Gasteiger charge is -2.27. The minimum atomic E-state index is -0.0161. The summed E-state index contributed by atoms with van der Waals surface area (Å²) in [5, 5.41) is 5.94. The number of piperazine rings is 1. The van der Waals surface area contributed by atoms with E-state index in [2.05, 4.69) is 15.5 Å². The minimum absolute atomic E-state index is 0.0161. The van der Waals surface area contributed by atoms with Crippen molar-refractivity contribution in [3.8, 4) is 0 Å². The van der Waals surface area contributed by atoms with E-state index in [0.29, 0.717) is 32.8 Å². The molecule has 1 aromatic carbocycles. The molecule has 130 valence electrons. The SMILES string of the molecule is Cc1ccc(CN2CCNC(=O)C2)cc1C(=O)NC1CCOCC1. The third-order valence-electron chi connectivity index (χ3n) is 4.63. The van der Waals surface area contributed by atoms with Crippen LogP contribution in [0.3, 0.4) is 0 Å². The fourth-order valence-corrected chi connectivity index (χ4v) is 3.20. The summed E-state index contributed by atoms with van der Waals surface area (Å²) >= 11 is 0. The van der Waals surface area contributed by atoms with Crippen LogP contribution in [0.25, 0.3) is 0 Å². The molecular weight excluding hydrogens is 306 g/mol. The van der Waals surface area contributed by atoms with E-state index in [9.17, 15) is 9.59 Å². The van der Waals surface area contributed by atoms with E-state index in [-0.39, 0.29) is 17.9 Å². The quantitative estimate of drug-likeness (QED) is 0.858. The predicted octanol–water partition coefficient (Wildman–Crippen LogP) is 0.836. The molecule has 0 unspecified atom stereocenters. The van der Waals surface area contributed by atoms with Gasteiger partial charge in [-0.2, -0.15) is 0 Å². The highest BCUT2D eigenvalue weighted by atomic mass is 16.5. The molecule has 0 atom stereocenters. The molecule has 0 radical (unpaired) electrons. The summed E-state index contributed by atoms with van der Waals surface area (Å²) in [6.45, 7) is 5.99. The Bertz CT molecular complexity index is 612. The molecular formula is C18H25N3O3. The molecule has 1 aromatic rings. The van der Waals surface area contributed by atoms with Crippen molar-refractivity contribution in [3.05, 3.63) is 34.9 Å². The van der Waals surface area contributed by atoms with Crippen molar-refractivity contribution < 1.29 is 14.3 Å². The van der Waals surface area contributed by atoms with E-state index in [1.165, 1.54) is 0 Å². The largest absolute Gasteiger partial charge is 0.381 e. The highest BCUT2D eigenvalue weighted by molar-refractivity contribution is 5.96. The van der Waals surface area contributed by atoms with Gasteiger partial charge in [0.25, 0.3) is 5.91 Å². The zero-order valence-electron chi connectivity index (χ0n) is 14.1. The maximum Gasteiger partial charge on any atom is 0.251 e. The summed E-state index contributed by atoms with van der Waals surface area (Å²) in [5.74, 6) is 0.0449. The average molecular weight is 331 g/mol. The van der Waals surface area contributed by atoms with E-state index in [1.807, 2.05) is 25.1 Å². The zero-order chi connectivity index (χ0) is 16.9. The van der Waals surface area contributed by atoms with Gasteiger partial charge in [0.05, 0.1) is 6.54 Å². The van der Waals surface area contributed by atoms with Crippen LogP contribution in [-0.2, 0) is 16.1 Å². The number of nitrogens with zero attached hydrogens (tertiary/aromatic N) is 1. The third kappa shape index (κ3) is 4.33. The second kappa shape index (κ2) is 7.77. The van der Waals surface area contributed by atoms with E-state index in [1.54, 1.807) is 0 Å². The lowest BCUT2D eigenvalue weighted by atomic mass is 10.0. The summed E-state index contributed by atoms with van der Waals surface area (Å²) < 4.78 is 5.33. The lowest BCUT2D eigenvalue weighted by Crippen LogP contribution is -2.47. The topological polar surface area (TPSA) is 70.7 Å². The Hall–Kier alpha value is -1.92. The summed E-state index contributed by atoms with van der Waals surface area (Å²) in [6, 6.07) is 6.17. The smallest absolute Gasteiger partial charge is 0.251 e. The van der Waals surface area contributed by atoms with Crippen molar-refractivity contribution in [3.63, 3.8) is 0 Å². The van der Waals surface area contributed by atoms with Crippen LogP contribution in [0.5, 0.6) is 0 Å². The van der Waals surface area contributed by atoms with Crippen LogP contribution in [0.2, 0.25) is 0 Å². The zero-order valence-corrected chi connectivity index (χ0v) is 14.1. The van der Waals surface area contributed by atoms with Crippen molar-refractivity contribution in [2.45, 2.75) is 32.4 Å². The fourth-order valence-electron chi connectivity index (χ4n) is 3.20. The molecule has 2 aliphatic rings. The van der Waals surface area contributed by atoms with E-state index >= 15 is 0 Å². The summed E-state index contributed by atoms with van der Waals surface area (Å²) in [7, 11) is 0. The maximum atomic E-state index is 12.6. The Morgan fingerprint density at radius 3 is 2.92 bits per heavy atom. The van der Waals surface area contributed by atoms with Gasteiger partial charge < -0.3 is 15.4 Å². The molecule has 6 nitrogen and oxygen atoms in total. The van der Waals surface area contributed by atoms with Crippen LogP contribution in [0, 0.1) is 6.92 Å². The second-order valence-electron chi connectivity index (χ2n) is 6.57. The van der Waals surface area contributed by atoms with Gasteiger partial charge >= 0.3 is 0 Å². The number of carbonyl (C=O) groups is 2. The Morgan fingerprint density at radius 2 is 2.17 bits per heavy atom. The molecule has 2 heterocycles. The highest BCUT2D eigenvalue weighted by Gasteiger charge is 2.20. The molecule has 6 heteroatoms. The van der Waals surface area contributed by atoms with Crippen molar-refractivity contribution in [1.29, 1.82) is 0 Å². The fraction of sp³-hybridized carbons (Fsp3) is 0.556. The van der Waals surface area contributed by atoms with E-state index in [0.717, 1.165) is 36.1 Å². The normalized spacial score (nSPS) is 19.8. The Morgan fingerprint density at radius 1 is 1.38 bits per heavy atom. The van der Waals surface area contributed by atoms with E-state index in [4.69, 9.17) is 4.74 Å². The molecule has 0 spiro atoms. The van der Waals surface area contributed by atoms with Crippen molar-refractivity contribution >= 4 is 11.8 Å². The number of aryl methyl sites for hydroxylation is 1. The van der Waals surface area contributed by atoms with E-state index < -0.39 is 0 Å². The number of hydrogen-bond acceptors (Lipinski definition) is 4. The highest BCUT2D eigenvalue weighted by Crippen LogP contribution is 2.15. The average Bonchev–Trinajstić information content (AvgIpc) is 2.57. The molecule has 2 amide bonds. The number of ether oxygens (including phenoxy) is 1. The minimum Gasteiger partial charge on any atom is -0.381 e. The van der Waals surface area contributed by atoms with Gasteiger partial charge in [0, 0.05) is 44.5 Å². The van der Waals surface area contributed by atoms with Crippen LogP contribution in [-0.4, -0.2) is 55.6 Å². The summed E-state index contributed by atoms with van der Waals surface area (Å²) in [4.78, 5) is 26.2. The Balaban J connectivity index is 1.66. The van der Waals surface area contributed by atoms with Gasteiger partial charge in [-0.05, 0) is 37.0 Å². The lowest BCUT2D eigenvalue weighted by molar-refractivity contribution is -0.124. The number of nitrogens with one attached hydrogen (secondary N) is 2. The van der Waals surface area contributed by atoms with Gasteiger partial charge in [0.2, 0.25) is 5.91 Å². The molecule has 2 aliphatic heterocycles. The first-order valence-corrected chi connectivity index (χ1v) is 8.59. The third-order valence-corrected chi connectivity index (χ3v) is 4.63. The summed E-state index contributed by atoms with van der Waals surface area (Å²) in [6.07, 6.45) is 1.74. The first-order chi connectivity index (χ1) is 11.6. The van der Waals surface area contributed by atoms with Gasteiger partial charge in [-0.15, -0.1) is 0 Å². The standard InChI is InChI=1S/C18H25N3O3/c1-13-2-3-14(11-21-7-6-19-17(22)12-21)10-16(13)18(23)20-15-4-8-24-9-5-15/h2-3,10,15H,4-9,11-12H2,1H3,(H,19,22)(H,20,23). The second-order valence-corrected chi connectivity index (χ2v) is 6.57. The molecule has 2 N–H and O–H groups in total. The van der Waals surface area contributed by atoms with Crippen molar-refractivity contribution in [1.82, 2.24) is 15.5 Å². The first kappa shape index (κ1) is 16.9. The molecule has 2 fully saturated rings. The van der Waals surface area contributed by atoms with Gasteiger partial charge in [-0.25, -0.2) is 0 Å².